The number of nitrogens with one attached hydrogen (secondary N) is 1. The van der Waals surface area contributed by atoms with Gasteiger partial charge in [-0.05, 0) is 12.8 Å². The molecule has 1 aromatic rings. The van der Waals surface area contributed by atoms with Crippen LogP contribution in [0.5, 0.6) is 11.8 Å². The van der Waals surface area contributed by atoms with Gasteiger partial charge in [0.25, 0.3) is 0 Å². The molecule has 0 radical (unpaired) electrons. The molecule has 0 spiro atoms. The summed E-state index contributed by atoms with van der Waals surface area (Å²) in [6.07, 6.45) is 2.07. The quantitative estimate of drug-likeness (QED) is 0.824. The summed E-state index contributed by atoms with van der Waals surface area (Å²) in [6.45, 7) is 4.70. The summed E-state index contributed by atoms with van der Waals surface area (Å²) in [6, 6.07) is 1.68. The van der Waals surface area contributed by atoms with Crippen molar-refractivity contribution in [2.45, 2.75) is 18.4 Å². The van der Waals surface area contributed by atoms with Gasteiger partial charge < -0.3 is 19.5 Å². The van der Waals surface area contributed by atoms with Crippen LogP contribution < -0.4 is 14.8 Å². The first kappa shape index (κ1) is 17.6. The third kappa shape index (κ3) is 4.04. The van der Waals surface area contributed by atoms with E-state index in [0.29, 0.717) is 17.7 Å². The van der Waals surface area contributed by atoms with Crippen molar-refractivity contribution in [1.82, 2.24) is 14.9 Å². The van der Waals surface area contributed by atoms with E-state index in [1.165, 1.54) is 11.5 Å². The number of aromatic nitrogens is 2. The van der Waals surface area contributed by atoms with Gasteiger partial charge in [0.1, 0.15) is 0 Å². The summed E-state index contributed by atoms with van der Waals surface area (Å²) in [5, 5.41) is 3.42. The Bertz CT molecular complexity index is 512. The van der Waals surface area contributed by atoms with Crippen LogP contribution in [-0.2, 0) is 4.74 Å². The van der Waals surface area contributed by atoms with E-state index in [4.69, 9.17) is 14.2 Å². The zero-order chi connectivity index (χ0) is 16.8. The fourth-order valence-electron chi connectivity index (χ4n) is 3.33. The molecule has 2 saturated heterocycles. The van der Waals surface area contributed by atoms with Crippen LogP contribution in [-0.4, -0.2) is 79.0 Å². The maximum atomic E-state index is 5.61. The Morgan fingerprint density at radius 3 is 2.38 bits per heavy atom. The Balaban J connectivity index is 1.73. The van der Waals surface area contributed by atoms with Gasteiger partial charge in [-0.15, -0.1) is 0 Å². The van der Waals surface area contributed by atoms with Crippen molar-refractivity contribution in [1.29, 1.82) is 0 Å². The largest absolute Gasteiger partial charge is 0.481 e. The highest BCUT2D eigenvalue weighted by molar-refractivity contribution is 7.99. The van der Waals surface area contributed by atoms with Gasteiger partial charge in [0.2, 0.25) is 17.7 Å². The minimum Gasteiger partial charge on any atom is -0.481 e. The van der Waals surface area contributed by atoms with Crippen LogP contribution in [0.2, 0.25) is 0 Å². The Hall–Kier alpha value is -1.25. The number of rotatable bonds is 6. The first-order valence-corrected chi connectivity index (χ1v) is 9.53. The normalized spacial score (nSPS) is 21.2. The molecule has 0 saturated carbocycles. The predicted octanol–water partition coefficient (Wildman–Crippen LogP) is 1.50. The summed E-state index contributed by atoms with van der Waals surface area (Å²) < 4.78 is 16.1. The molecule has 0 amide bonds. The average Bonchev–Trinajstić information content (AvgIpc) is 2.67. The Morgan fingerprint density at radius 2 is 1.79 bits per heavy atom. The fraction of sp³-hybridized carbons (Fsp3) is 0.750. The van der Waals surface area contributed by atoms with E-state index >= 15 is 0 Å². The molecule has 0 unspecified atom stereocenters. The van der Waals surface area contributed by atoms with Gasteiger partial charge in [0, 0.05) is 49.9 Å². The molecule has 0 aliphatic carbocycles. The van der Waals surface area contributed by atoms with E-state index in [1.807, 2.05) is 11.8 Å². The summed E-state index contributed by atoms with van der Waals surface area (Å²) in [5.74, 6) is 3.95. The number of methoxy groups -OCH3 is 2. The topological polar surface area (TPSA) is 68.7 Å². The zero-order valence-electron chi connectivity index (χ0n) is 14.4. The minimum atomic E-state index is 0.110. The summed E-state index contributed by atoms with van der Waals surface area (Å²) >= 11 is 2.03. The zero-order valence-corrected chi connectivity index (χ0v) is 15.2. The number of nitrogens with zero attached hydrogens (tertiary/aromatic N) is 3. The van der Waals surface area contributed by atoms with Crippen molar-refractivity contribution < 1.29 is 14.2 Å². The number of thioether (sulfide) groups is 1. The van der Waals surface area contributed by atoms with Gasteiger partial charge >= 0.3 is 0 Å². The van der Waals surface area contributed by atoms with Crippen LogP contribution in [0.4, 0.5) is 5.95 Å². The predicted molar refractivity (Wildman–Crippen MR) is 95.3 cm³/mol. The molecule has 134 valence electrons. The maximum absolute atomic E-state index is 5.61. The molecule has 2 aliphatic heterocycles. The molecule has 8 heteroatoms. The van der Waals surface area contributed by atoms with Gasteiger partial charge in [0.05, 0.1) is 20.3 Å². The molecular weight excluding hydrogens is 328 g/mol. The Morgan fingerprint density at radius 1 is 1.17 bits per heavy atom. The van der Waals surface area contributed by atoms with Crippen molar-refractivity contribution >= 4 is 17.7 Å². The van der Waals surface area contributed by atoms with E-state index in [2.05, 4.69) is 20.2 Å². The summed E-state index contributed by atoms with van der Waals surface area (Å²) in [4.78, 5) is 11.4. The molecule has 2 aliphatic rings. The molecule has 0 aromatic carbocycles. The Labute approximate surface area is 147 Å². The van der Waals surface area contributed by atoms with Gasteiger partial charge in [-0.1, -0.05) is 0 Å². The van der Waals surface area contributed by atoms with Crippen molar-refractivity contribution in [3.05, 3.63) is 6.07 Å². The Kier molecular flexibility index (Phi) is 6.02. The van der Waals surface area contributed by atoms with Gasteiger partial charge in [-0.3, -0.25) is 4.90 Å². The van der Waals surface area contributed by atoms with Crippen LogP contribution in [0.25, 0.3) is 0 Å². The highest BCUT2D eigenvalue weighted by Crippen LogP contribution is 2.31. The summed E-state index contributed by atoms with van der Waals surface area (Å²) in [5.41, 5.74) is 0.110. The molecule has 0 atom stereocenters. The van der Waals surface area contributed by atoms with Crippen LogP contribution in [0.1, 0.15) is 12.8 Å². The van der Waals surface area contributed by atoms with Crippen LogP contribution in [0.15, 0.2) is 6.07 Å². The number of ether oxygens (including phenoxy) is 3. The average molecular weight is 354 g/mol. The molecule has 24 heavy (non-hydrogen) atoms. The third-order valence-corrected chi connectivity index (χ3v) is 5.72. The van der Waals surface area contributed by atoms with Crippen LogP contribution in [0.3, 0.4) is 0 Å². The standard InChI is InChI=1S/C16H26N4O3S/c1-21-13-11-14(22-2)19-15(18-13)17-12-16(3-7-23-8-4-16)20-5-9-24-10-6-20/h11H,3-10,12H2,1-2H3,(H,17,18,19). The minimum absolute atomic E-state index is 0.110. The molecule has 7 nitrogen and oxygen atoms in total. The SMILES string of the molecule is COc1cc(OC)nc(NCC2(N3CCSCC3)CCOCC2)n1. The lowest BCUT2D eigenvalue weighted by Crippen LogP contribution is -2.58. The lowest BCUT2D eigenvalue weighted by atomic mass is 9.87. The molecule has 1 N–H and O–H groups in total. The molecule has 0 bridgehead atoms. The lowest BCUT2D eigenvalue weighted by molar-refractivity contribution is -0.0179. The maximum Gasteiger partial charge on any atom is 0.229 e. The molecule has 2 fully saturated rings. The molecule has 1 aromatic heterocycles. The number of hydrogen-bond donors (Lipinski definition) is 1. The monoisotopic (exact) mass is 354 g/mol. The van der Waals surface area contributed by atoms with E-state index < -0.39 is 0 Å². The fourth-order valence-corrected chi connectivity index (χ4v) is 4.23. The smallest absolute Gasteiger partial charge is 0.229 e. The lowest BCUT2D eigenvalue weighted by Gasteiger charge is -2.48. The van der Waals surface area contributed by atoms with Gasteiger partial charge in [0.15, 0.2) is 0 Å². The molecular formula is C16H26N4O3S. The second kappa shape index (κ2) is 8.22. The first-order valence-electron chi connectivity index (χ1n) is 8.37. The number of hydrogen-bond acceptors (Lipinski definition) is 8. The highest BCUT2D eigenvalue weighted by atomic mass is 32.2. The van der Waals surface area contributed by atoms with E-state index in [-0.39, 0.29) is 5.54 Å². The van der Waals surface area contributed by atoms with Crippen molar-refractivity contribution in [3.8, 4) is 11.8 Å². The first-order chi connectivity index (χ1) is 11.8. The second-order valence-electron chi connectivity index (χ2n) is 6.07. The highest BCUT2D eigenvalue weighted by Gasteiger charge is 2.39. The third-order valence-electron chi connectivity index (χ3n) is 4.78. The second-order valence-corrected chi connectivity index (χ2v) is 7.29. The van der Waals surface area contributed by atoms with Crippen molar-refractivity contribution in [2.75, 3.05) is 63.9 Å². The molecule has 3 heterocycles. The van der Waals surface area contributed by atoms with Crippen LogP contribution in [0, 0.1) is 0 Å². The van der Waals surface area contributed by atoms with E-state index in [0.717, 1.165) is 45.7 Å². The summed E-state index contributed by atoms with van der Waals surface area (Å²) in [7, 11) is 3.19. The van der Waals surface area contributed by atoms with E-state index in [9.17, 15) is 0 Å². The van der Waals surface area contributed by atoms with Gasteiger partial charge in [-0.2, -0.15) is 21.7 Å². The number of anilines is 1. The van der Waals surface area contributed by atoms with Gasteiger partial charge in [-0.25, -0.2) is 0 Å². The van der Waals surface area contributed by atoms with Crippen molar-refractivity contribution in [3.63, 3.8) is 0 Å². The van der Waals surface area contributed by atoms with Crippen molar-refractivity contribution in [2.24, 2.45) is 0 Å². The molecule has 3 rings (SSSR count). The van der Waals surface area contributed by atoms with E-state index in [1.54, 1.807) is 20.3 Å². The van der Waals surface area contributed by atoms with Crippen LogP contribution >= 0.6 is 11.8 Å².